The van der Waals surface area contributed by atoms with Gasteiger partial charge >= 0.3 is 0 Å². The van der Waals surface area contributed by atoms with Crippen LogP contribution in [0.5, 0.6) is 11.5 Å². The topological polar surface area (TPSA) is 94.2 Å². The van der Waals surface area contributed by atoms with Gasteiger partial charge in [0.05, 0.1) is 31.3 Å². The van der Waals surface area contributed by atoms with Crippen LogP contribution < -0.4 is 14.8 Å². The van der Waals surface area contributed by atoms with Crippen LogP contribution in [0.1, 0.15) is 29.8 Å². The number of sulfonamides is 1. The van der Waals surface area contributed by atoms with Crippen molar-refractivity contribution in [1.82, 2.24) is 9.62 Å². The van der Waals surface area contributed by atoms with Crippen molar-refractivity contribution in [1.29, 1.82) is 0 Å². The van der Waals surface area contributed by atoms with Crippen molar-refractivity contribution >= 4 is 15.9 Å². The predicted octanol–water partition coefficient (Wildman–Crippen LogP) is 2.43. The van der Waals surface area contributed by atoms with E-state index in [9.17, 15) is 13.2 Å². The number of ether oxygens (including phenoxy) is 3. The number of hydrogen-bond donors (Lipinski definition) is 1. The van der Waals surface area contributed by atoms with Crippen molar-refractivity contribution in [3.05, 3.63) is 53.6 Å². The third-order valence-corrected chi connectivity index (χ3v) is 6.66. The molecule has 0 radical (unpaired) electrons. The molecule has 1 amide bonds. The molecule has 1 aliphatic rings. The third kappa shape index (κ3) is 5.75. The second-order valence-corrected chi connectivity index (χ2v) is 8.81. The van der Waals surface area contributed by atoms with Crippen LogP contribution in [0.3, 0.4) is 0 Å². The molecule has 0 unspecified atom stereocenters. The highest BCUT2D eigenvalue weighted by Gasteiger charge is 2.26. The Balaban J connectivity index is 1.70. The number of carbonyl (C=O) groups excluding carboxylic acids is 1. The fourth-order valence-electron chi connectivity index (χ4n) is 3.22. The van der Waals surface area contributed by atoms with Crippen LogP contribution in [0, 0.1) is 0 Å². The molecule has 1 aliphatic heterocycles. The molecule has 0 aliphatic carbocycles. The molecule has 9 heteroatoms. The van der Waals surface area contributed by atoms with E-state index in [2.05, 4.69) is 5.32 Å². The van der Waals surface area contributed by atoms with Crippen LogP contribution in [0.4, 0.5) is 0 Å². The second-order valence-electron chi connectivity index (χ2n) is 6.87. The Hall–Kier alpha value is -2.62. The van der Waals surface area contributed by atoms with Gasteiger partial charge in [-0.15, -0.1) is 0 Å². The number of amides is 1. The standard InChI is InChI=1S/C22H28N2O6S/c1-3-29-20-9-8-17(14-21(20)30-4-2)16-23-22(25)18-6-5-7-19(15-18)31(26,27)24-10-12-28-13-11-24/h5-9,14-15H,3-4,10-13,16H2,1-2H3,(H,23,25). The van der Waals surface area contributed by atoms with Crippen LogP contribution in [-0.2, 0) is 21.3 Å². The molecule has 0 aromatic heterocycles. The highest BCUT2D eigenvalue weighted by Crippen LogP contribution is 2.28. The Kier molecular flexibility index (Phi) is 7.89. The van der Waals surface area contributed by atoms with E-state index in [1.807, 2.05) is 32.0 Å². The Morgan fingerprint density at radius 3 is 2.45 bits per heavy atom. The van der Waals surface area contributed by atoms with Crippen molar-refractivity contribution in [3.8, 4) is 11.5 Å². The average Bonchev–Trinajstić information content (AvgIpc) is 2.80. The summed E-state index contributed by atoms with van der Waals surface area (Å²) in [5, 5.41) is 2.83. The van der Waals surface area contributed by atoms with Crippen molar-refractivity contribution in [2.75, 3.05) is 39.5 Å². The lowest BCUT2D eigenvalue weighted by Crippen LogP contribution is -2.40. The first-order valence-electron chi connectivity index (χ1n) is 10.3. The van der Waals surface area contributed by atoms with Crippen LogP contribution in [-0.4, -0.2) is 58.1 Å². The molecule has 1 N–H and O–H groups in total. The molecule has 0 spiro atoms. The molecule has 0 saturated carbocycles. The summed E-state index contributed by atoms with van der Waals surface area (Å²) in [5.74, 6) is 0.918. The molecule has 1 heterocycles. The number of nitrogens with one attached hydrogen (secondary N) is 1. The highest BCUT2D eigenvalue weighted by molar-refractivity contribution is 7.89. The van der Waals surface area contributed by atoms with Crippen molar-refractivity contribution in [3.63, 3.8) is 0 Å². The lowest BCUT2D eigenvalue weighted by molar-refractivity contribution is 0.0730. The maximum atomic E-state index is 12.8. The number of rotatable bonds is 9. The summed E-state index contributed by atoms with van der Waals surface area (Å²) >= 11 is 0. The van der Waals surface area contributed by atoms with E-state index in [0.29, 0.717) is 51.0 Å². The minimum Gasteiger partial charge on any atom is -0.490 e. The number of benzene rings is 2. The summed E-state index contributed by atoms with van der Waals surface area (Å²) in [6, 6.07) is 11.6. The maximum absolute atomic E-state index is 12.8. The fraction of sp³-hybridized carbons (Fsp3) is 0.409. The second kappa shape index (κ2) is 10.6. The quantitative estimate of drug-likeness (QED) is 0.633. The molecule has 31 heavy (non-hydrogen) atoms. The molecule has 0 atom stereocenters. The first-order chi connectivity index (χ1) is 15.0. The SMILES string of the molecule is CCOc1ccc(CNC(=O)c2cccc(S(=O)(=O)N3CCOCC3)c2)cc1OCC. The monoisotopic (exact) mass is 448 g/mol. The van der Waals surface area contributed by atoms with Crippen LogP contribution in [0.25, 0.3) is 0 Å². The minimum atomic E-state index is -3.66. The summed E-state index contributed by atoms with van der Waals surface area (Å²) in [6.45, 7) is 6.43. The fourth-order valence-corrected chi connectivity index (χ4v) is 4.68. The largest absolute Gasteiger partial charge is 0.490 e. The van der Waals surface area contributed by atoms with E-state index in [4.69, 9.17) is 14.2 Å². The molecule has 3 rings (SSSR count). The van der Waals surface area contributed by atoms with Gasteiger partial charge < -0.3 is 19.5 Å². The van der Waals surface area contributed by atoms with Gasteiger partial charge in [-0.1, -0.05) is 12.1 Å². The lowest BCUT2D eigenvalue weighted by Gasteiger charge is -2.26. The zero-order chi connectivity index (χ0) is 22.3. The zero-order valence-corrected chi connectivity index (χ0v) is 18.6. The molecular formula is C22H28N2O6S. The third-order valence-electron chi connectivity index (χ3n) is 4.76. The first kappa shape index (κ1) is 23.1. The maximum Gasteiger partial charge on any atom is 0.251 e. The van der Waals surface area contributed by atoms with E-state index >= 15 is 0 Å². The molecule has 0 bridgehead atoms. The molecule has 1 fully saturated rings. The number of morpholine rings is 1. The van der Waals surface area contributed by atoms with Crippen molar-refractivity contribution < 1.29 is 27.4 Å². The highest BCUT2D eigenvalue weighted by atomic mass is 32.2. The van der Waals surface area contributed by atoms with E-state index in [1.165, 1.54) is 16.4 Å². The van der Waals surface area contributed by atoms with Crippen LogP contribution >= 0.6 is 0 Å². The summed E-state index contributed by atoms with van der Waals surface area (Å²) in [6.07, 6.45) is 0. The summed E-state index contributed by atoms with van der Waals surface area (Å²) in [4.78, 5) is 12.8. The Morgan fingerprint density at radius 2 is 1.74 bits per heavy atom. The van der Waals surface area contributed by atoms with Gasteiger partial charge in [-0.25, -0.2) is 8.42 Å². The smallest absolute Gasteiger partial charge is 0.251 e. The van der Waals surface area contributed by atoms with E-state index in [-0.39, 0.29) is 22.9 Å². The molecule has 2 aromatic rings. The van der Waals surface area contributed by atoms with Gasteiger partial charge in [0, 0.05) is 25.2 Å². The van der Waals surface area contributed by atoms with E-state index in [1.54, 1.807) is 12.1 Å². The molecule has 168 valence electrons. The average molecular weight is 449 g/mol. The van der Waals surface area contributed by atoms with Gasteiger partial charge in [-0.05, 0) is 49.7 Å². The normalized spacial score (nSPS) is 14.8. The van der Waals surface area contributed by atoms with Gasteiger partial charge in [0.25, 0.3) is 5.91 Å². The lowest BCUT2D eigenvalue weighted by atomic mass is 10.1. The van der Waals surface area contributed by atoms with Gasteiger partial charge in [0.15, 0.2) is 11.5 Å². The molecule has 2 aromatic carbocycles. The molecule has 1 saturated heterocycles. The van der Waals surface area contributed by atoms with Gasteiger partial charge in [-0.3, -0.25) is 4.79 Å². The van der Waals surface area contributed by atoms with Gasteiger partial charge in [-0.2, -0.15) is 4.31 Å². The number of nitrogens with zero attached hydrogens (tertiary/aromatic N) is 1. The molecular weight excluding hydrogens is 420 g/mol. The Labute approximate surface area is 183 Å². The zero-order valence-electron chi connectivity index (χ0n) is 17.8. The minimum absolute atomic E-state index is 0.0988. The van der Waals surface area contributed by atoms with Gasteiger partial charge in [0.1, 0.15) is 0 Å². The van der Waals surface area contributed by atoms with Crippen molar-refractivity contribution in [2.24, 2.45) is 0 Å². The van der Waals surface area contributed by atoms with E-state index < -0.39 is 10.0 Å². The first-order valence-corrected chi connectivity index (χ1v) is 11.7. The molecule has 8 nitrogen and oxygen atoms in total. The van der Waals surface area contributed by atoms with Crippen molar-refractivity contribution in [2.45, 2.75) is 25.3 Å². The summed E-state index contributed by atoms with van der Waals surface area (Å²) in [7, 11) is -3.66. The number of carbonyl (C=O) groups is 1. The summed E-state index contributed by atoms with van der Waals surface area (Å²) < 4.78 is 43.4. The van der Waals surface area contributed by atoms with E-state index in [0.717, 1.165) is 5.56 Å². The predicted molar refractivity (Wildman–Crippen MR) is 116 cm³/mol. The Morgan fingerprint density at radius 1 is 1.03 bits per heavy atom. The van der Waals surface area contributed by atoms with Gasteiger partial charge in [0.2, 0.25) is 10.0 Å². The van der Waals surface area contributed by atoms with Crippen LogP contribution in [0.2, 0.25) is 0 Å². The van der Waals surface area contributed by atoms with Crippen LogP contribution in [0.15, 0.2) is 47.4 Å². The number of hydrogen-bond acceptors (Lipinski definition) is 6. The summed E-state index contributed by atoms with van der Waals surface area (Å²) in [5.41, 5.74) is 1.13. The Bertz CT molecular complexity index is 1000.